The molecule has 0 radical (unpaired) electrons. The predicted molar refractivity (Wildman–Crippen MR) is 135 cm³/mol. The van der Waals surface area contributed by atoms with Crippen LogP contribution in [-0.2, 0) is 16.1 Å². The van der Waals surface area contributed by atoms with Gasteiger partial charge in [-0.2, -0.15) is 5.10 Å². The Hall–Kier alpha value is -3.17. The SMILES string of the molecule is COC(=O)c1sc(-c2cnn(Cc3ccc(OC)cc3)c2C)cc1NC(=O)C1CC2CCN1CC2. The van der Waals surface area contributed by atoms with Gasteiger partial charge in [0, 0.05) is 16.1 Å². The molecular formula is C26H30N4O4S. The first-order valence-corrected chi connectivity index (χ1v) is 12.7. The van der Waals surface area contributed by atoms with Crippen LogP contribution in [0.1, 0.15) is 40.2 Å². The van der Waals surface area contributed by atoms with E-state index >= 15 is 0 Å². The van der Waals surface area contributed by atoms with Crippen molar-refractivity contribution < 1.29 is 19.1 Å². The first-order valence-electron chi connectivity index (χ1n) is 11.9. The summed E-state index contributed by atoms with van der Waals surface area (Å²) in [5.41, 5.74) is 3.52. The van der Waals surface area contributed by atoms with Crippen molar-refractivity contribution in [1.29, 1.82) is 0 Å². The van der Waals surface area contributed by atoms with Gasteiger partial charge in [-0.1, -0.05) is 12.1 Å². The first-order chi connectivity index (χ1) is 17.0. The highest BCUT2D eigenvalue weighted by Crippen LogP contribution is 2.38. The van der Waals surface area contributed by atoms with E-state index in [1.165, 1.54) is 31.3 Å². The molecule has 8 nitrogen and oxygen atoms in total. The number of nitrogens with zero attached hydrogens (tertiary/aromatic N) is 3. The van der Waals surface area contributed by atoms with E-state index in [1.54, 1.807) is 7.11 Å². The summed E-state index contributed by atoms with van der Waals surface area (Å²) in [6.45, 7) is 4.56. The van der Waals surface area contributed by atoms with E-state index in [2.05, 4.69) is 15.3 Å². The number of carbonyl (C=O) groups excluding carboxylic acids is 2. The number of fused-ring (bicyclic) bond motifs is 3. The van der Waals surface area contributed by atoms with Crippen molar-refractivity contribution in [2.24, 2.45) is 5.92 Å². The Morgan fingerprint density at radius 1 is 1.17 bits per heavy atom. The van der Waals surface area contributed by atoms with Crippen molar-refractivity contribution in [2.45, 2.75) is 38.8 Å². The maximum absolute atomic E-state index is 13.2. The molecule has 3 aromatic rings. The number of esters is 1. The Morgan fingerprint density at radius 2 is 1.91 bits per heavy atom. The van der Waals surface area contributed by atoms with E-state index < -0.39 is 5.97 Å². The van der Waals surface area contributed by atoms with Crippen molar-refractivity contribution in [3.05, 3.63) is 52.7 Å². The Morgan fingerprint density at radius 3 is 2.54 bits per heavy atom. The smallest absolute Gasteiger partial charge is 0.350 e. The molecule has 3 saturated heterocycles. The van der Waals surface area contributed by atoms with Crippen molar-refractivity contribution in [2.75, 3.05) is 32.6 Å². The molecular weight excluding hydrogens is 464 g/mol. The third-order valence-corrected chi connectivity index (χ3v) is 8.32. The molecule has 3 aliphatic heterocycles. The summed E-state index contributed by atoms with van der Waals surface area (Å²) >= 11 is 1.32. The highest BCUT2D eigenvalue weighted by atomic mass is 32.1. The van der Waals surface area contributed by atoms with Crippen molar-refractivity contribution in [3.8, 4) is 16.2 Å². The lowest BCUT2D eigenvalue weighted by atomic mass is 9.83. The van der Waals surface area contributed by atoms with Gasteiger partial charge >= 0.3 is 5.97 Å². The number of benzene rings is 1. The Labute approximate surface area is 208 Å². The number of piperidine rings is 3. The van der Waals surface area contributed by atoms with E-state index in [-0.39, 0.29) is 11.9 Å². The molecule has 1 amide bonds. The summed E-state index contributed by atoms with van der Waals surface area (Å²) in [7, 11) is 3.01. The number of aromatic nitrogens is 2. The maximum Gasteiger partial charge on any atom is 0.350 e. The van der Waals surface area contributed by atoms with Gasteiger partial charge in [0.2, 0.25) is 5.91 Å². The largest absolute Gasteiger partial charge is 0.497 e. The number of thiophene rings is 1. The zero-order chi connectivity index (χ0) is 24.5. The van der Waals surface area contributed by atoms with Crippen LogP contribution < -0.4 is 10.1 Å². The second-order valence-corrected chi connectivity index (χ2v) is 10.3. The fourth-order valence-corrected chi connectivity index (χ4v) is 6.16. The van der Waals surface area contributed by atoms with Gasteiger partial charge < -0.3 is 14.8 Å². The fraction of sp³-hybridized carbons (Fsp3) is 0.423. The number of hydrogen-bond donors (Lipinski definition) is 1. The second-order valence-electron chi connectivity index (χ2n) is 9.21. The Balaban J connectivity index is 1.38. The quantitative estimate of drug-likeness (QED) is 0.496. The molecule has 6 rings (SSSR count). The molecule has 1 N–H and O–H groups in total. The Bertz CT molecular complexity index is 1220. The molecule has 0 aliphatic carbocycles. The van der Waals surface area contributed by atoms with Crippen LogP contribution >= 0.6 is 11.3 Å². The van der Waals surface area contributed by atoms with E-state index in [0.29, 0.717) is 23.0 Å². The lowest BCUT2D eigenvalue weighted by Gasteiger charge is -2.44. The topological polar surface area (TPSA) is 85.7 Å². The average molecular weight is 495 g/mol. The summed E-state index contributed by atoms with van der Waals surface area (Å²) in [6, 6.07) is 9.63. The molecule has 9 heteroatoms. The standard InChI is InChI=1S/C26H30N4O4S/c1-16-20(14-27-30(16)15-18-4-6-19(33-2)7-5-18)23-13-21(24(35-23)26(32)34-3)28-25(31)22-12-17-8-10-29(22)11-9-17/h4-7,13-14,17,22H,8-12,15H2,1-3H3,(H,28,31). The molecule has 35 heavy (non-hydrogen) atoms. The van der Waals surface area contributed by atoms with Crippen LogP contribution in [0.4, 0.5) is 5.69 Å². The summed E-state index contributed by atoms with van der Waals surface area (Å²) in [5.74, 6) is 0.933. The highest BCUT2D eigenvalue weighted by Gasteiger charge is 2.38. The third kappa shape index (κ3) is 4.70. The average Bonchev–Trinajstić information content (AvgIpc) is 3.47. The number of carbonyl (C=O) groups is 2. The molecule has 2 bridgehead atoms. The molecule has 2 aromatic heterocycles. The van der Waals surface area contributed by atoms with Crippen LogP contribution in [0, 0.1) is 12.8 Å². The minimum Gasteiger partial charge on any atom is -0.497 e. The first kappa shape index (κ1) is 23.6. The number of nitrogens with one attached hydrogen (secondary N) is 1. The van der Waals surface area contributed by atoms with Crippen LogP contribution in [0.5, 0.6) is 5.75 Å². The zero-order valence-electron chi connectivity index (χ0n) is 20.2. The van der Waals surface area contributed by atoms with Crippen LogP contribution in [0.3, 0.4) is 0 Å². The lowest BCUT2D eigenvalue weighted by molar-refractivity contribution is -0.125. The zero-order valence-corrected chi connectivity index (χ0v) is 21.1. The minimum absolute atomic E-state index is 0.0455. The highest BCUT2D eigenvalue weighted by molar-refractivity contribution is 7.18. The molecule has 1 unspecified atom stereocenters. The Kier molecular flexibility index (Phi) is 6.62. The van der Waals surface area contributed by atoms with E-state index in [4.69, 9.17) is 9.47 Å². The molecule has 184 valence electrons. The molecule has 0 spiro atoms. The monoisotopic (exact) mass is 494 g/mol. The normalized spacial score (nSPS) is 21.1. The molecule has 1 aromatic carbocycles. The van der Waals surface area contributed by atoms with Gasteiger partial charge in [-0.25, -0.2) is 4.79 Å². The number of ether oxygens (including phenoxy) is 2. The molecule has 3 aliphatic rings. The van der Waals surface area contributed by atoms with Gasteiger partial charge in [0.25, 0.3) is 0 Å². The van der Waals surface area contributed by atoms with Gasteiger partial charge in [0.1, 0.15) is 10.6 Å². The summed E-state index contributed by atoms with van der Waals surface area (Å²) in [4.78, 5) is 29.2. The minimum atomic E-state index is -0.453. The third-order valence-electron chi connectivity index (χ3n) is 7.17. The van der Waals surface area contributed by atoms with Crippen LogP contribution in [0.15, 0.2) is 36.5 Å². The lowest BCUT2D eigenvalue weighted by Crippen LogP contribution is -2.53. The van der Waals surface area contributed by atoms with Crippen molar-refractivity contribution >= 4 is 28.9 Å². The van der Waals surface area contributed by atoms with Gasteiger partial charge in [-0.15, -0.1) is 11.3 Å². The molecule has 0 saturated carbocycles. The summed E-state index contributed by atoms with van der Waals surface area (Å²) < 4.78 is 12.2. The van der Waals surface area contributed by atoms with Gasteiger partial charge in [0.05, 0.1) is 38.7 Å². The number of rotatable bonds is 7. The molecule has 3 fully saturated rings. The number of amides is 1. The van der Waals surface area contributed by atoms with Crippen molar-refractivity contribution in [1.82, 2.24) is 14.7 Å². The van der Waals surface area contributed by atoms with Crippen LogP contribution in [0.25, 0.3) is 10.4 Å². The van der Waals surface area contributed by atoms with Crippen molar-refractivity contribution in [3.63, 3.8) is 0 Å². The fourth-order valence-electron chi connectivity index (χ4n) is 5.07. The van der Waals surface area contributed by atoms with Gasteiger partial charge in [-0.3, -0.25) is 14.4 Å². The predicted octanol–water partition coefficient (Wildman–Crippen LogP) is 4.19. The molecule has 5 heterocycles. The number of methoxy groups -OCH3 is 2. The van der Waals surface area contributed by atoms with Crippen LogP contribution in [-0.4, -0.2) is 59.9 Å². The van der Waals surface area contributed by atoms with E-state index in [9.17, 15) is 9.59 Å². The second kappa shape index (κ2) is 9.83. The maximum atomic E-state index is 13.2. The van der Waals surface area contributed by atoms with Gasteiger partial charge in [0.15, 0.2) is 0 Å². The van der Waals surface area contributed by atoms with E-state index in [1.807, 2.05) is 48.1 Å². The van der Waals surface area contributed by atoms with Gasteiger partial charge in [-0.05, 0) is 69.0 Å². The number of anilines is 1. The summed E-state index contributed by atoms with van der Waals surface area (Å²) in [6.07, 6.45) is 5.02. The molecule has 1 atom stereocenters. The number of hydrogen-bond acceptors (Lipinski definition) is 7. The summed E-state index contributed by atoms with van der Waals surface area (Å²) in [5, 5.41) is 7.61. The van der Waals surface area contributed by atoms with Crippen LogP contribution in [0.2, 0.25) is 0 Å². The van der Waals surface area contributed by atoms with E-state index in [0.717, 1.165) is 47.0 Å².